The maximum atomic E-state index is 11.2. The van der Waals surface area contributed by atoms with Crippen LogP contribution in [0.1, 0.15) is 31.2 Å². The minimum atomic E-state index is -0.150. The second-order valence-electron chi connectivity index (χ2n) is 5.34. The molecule has 1 aromatic heterocycles. The van der Waals surface area contributed by atoms with Crippen LogP contribution in [0.2, 0.25) is 0 Å². The minimum Gasteiger partial charge on any atom is -0.393 e. The number of hydrogen-bond donors (Lipinski definition) is 3. The Bertz CT molecular complexity index is 591. The molecule has 1 aliphatic rings. The van der Waals surface area contributed by atoms with Crippen LogP contribution in [0.15, 0.2) is 23.0 Å². The average Bonchev–Trinajstić information content (AvgIpc) is 2.71. The summed E-state index contributed by atoms with van der Waals surface area (Å²) >= 11 is 0. The fourth-order valence-electron chi connectivity index (χ4n) is 2.89. The van der Waals surface area contributed by atoms with Crippen molar-refractivity contribution in [1.82, 2.24) is 9.97 Å². The zero-order valence-electron chi connectivity index (χ0n) is 10.3. The molecule has 0 amide bonds. The molecule has 2 aromatic rings. The van der Waals surface area contributed by atoms with E-state index < -0.39 is 0 Å². The Morgan fingerprint density at radius 3 is 2.61 bits per heavy atom. The van der Waals surface area contributed by atoms with Crippen molar-refractivity contribution < 1.29 is 5.11 Å². The number of hydrogen-bond acceptors (Lipinski definition) is 2. The first-order valence-electron chi connectivity index (χ1n) is 6.60. The van der Waals surface area contributed by atoms with Crippen LogP contribution in [0.3, 0.4) is 0 Å². The molecule has 0 saturated heterocycles. The van der Waals surface area contributed by atoms with Crippen molar-refractivity contribution in [2.24, 2.45) is 5.92 Å². The summed E-state index contributed by atoms with van der Waals surface area (Å²) in [5, 5.41) is 9.49. The van der Waals surface area contributed by atoms with E-state index in [9.17, 15) is 9.90 Å². The van der Waals surface area contributed by atoms with Gasteiger partial charge in [-0.15, -0.1) is 0 Å². The summed E-state index contributed by atoms with van der Waals surface area (Å²) in [6.45, 7) is 0. The van der Waals surface area contributed by atoms with E-state index in [-0.39, 0.29) is 11.8 Å². The van der Waals surface area contributed by atoms with E-state index in [2.05, 4.69) is 22.1 Å². The number of aliphatic hydroxyl groups is 1. The summed E-state index contributed by atoms with van der Waals surface area (Å²) < 4.78 is 0. The standard InChI is InChI=1S/C14H18N2O2/c17-11-4-1-9(2-5-11)7-10-3-6-12-13(8-10)16-14(18)15-12/h3,6,8-9,11,17H,1-2,4-5,7H2,(H2,15,16,18). The number of aliphatic hydroxyl groups excluding tert-OH is 1. The first-order valence-corrected chi connectivity index (χ1v) is 6.60. The molecule has 0 atom stereocenters. The first-order chi connectivity index (χ1) is 8.70. The molecule has 1 fully saturated rings. The number of benzene rings is 1. The summed E-state index contributed by atoms with van der Waals surface area (Å²) in [5.74, 6) is 0.663. The monoisotopic (exact) mass is 246 g/mol. The summed E-state index contributed by atoms with van der Waals surface area (Å²) in [7, 11) is 0. The third-order valence-corrected chi connectivity index (χ3v) is 3.92. The highest BCUT2D eigenvalue weighted by atomic mass is 16.3. The second-order valence-corrected chi connectivity index (χ2v) is 5.34. The van der Waals surface area contributed by atoms with Gasteiger partial charge in [0.15, 0.2) is 0 Å². The van der Waals surface area contributed by atoms with Gasteiger partial charge in [0.2, 0.25) is 0 Å². The molecular weight excluding hydrogens is 228 g/mol. The van der Waals surface area contributed by atoms with Crippen molar-refractivity contribution >= 4 is 11.0 Å². The first kappa shape index (κ1) is 11.5. The molecule has 1 aromatic carbocycles. The van der Waals surface area contributed by atoms with Gasteiger partial charge in [-0.2, -0.15) is 0 Å². The van der Waals surface area contributed by atoms with E-state index in [0.29, 0.717) is 5.92 Å². The van der Waals surface area contributed by atoms with Gasteiger partial charge in [-0.25, -0.2) is 4.79 Å². The molecule has 4 heteroatoms. The molecule has 1 saturated carbocycles. The molecule has 18 heavy (non-hydrogen) atoms. The van der Waals surface area contributed by atoms with Gasteiger partial charge < -0.3 is 15.1 Å². The normalized spacial score (nSPS) is 24.5. The van der Waals surface area contributed by atoms with Crippen LogP contribution < -0.4 is 5.69 Å². The van der Waals surface area contributed by atoms with Gasteiger partial charge in [0.05, 0.1) is 17.1 Å². The Morgan fingerprint density at radius 1 is 1.11 bits per heavy atom. The molecule has 0 radical (unpaired) electrons. The van der Waals surface area contributed by atoms with Crippen LogP contribution in [0.5, 0.6) is 0 Å². The highest BCUT2D eigenvalue weighted by molar-refractivity contribution is 5.74. The Balaban J connectivity index is 1.76. The smallest absolute Gasteiger partial charge is 0.323 e. The number of nitrogens with one attached hydrogen (secondary N) is 2. The third kappa shape index (κ3) is 2.34. The molecular formula is C14H18N2O2. The summed E-state index contributed by atoms with van der Waals surface area (Å²) in [5.41, 5.74) is 2.86. The van der Waals surface area contributed by atoms with E-state index in [0.717, 1.165) is 43.1 Å². The van der Waals surface area contributed by atoms with Gasteiger partial charge in [0, 0.05) is 0 Å². The molecule has 4 nitrogen and oxygen atoms in total. The fourth-order valence-corrected chi connectivity index (χ4v) is 2.89. The number of aromatic nitrogens is 2. The molecule has 3 rings (SSSR count). The molecule has 1 heterocycles. The van der Waals surface area contributed by atoms with Gasteiger partial charge >= 0.3 is 5.69 Å². The van der Waals surface area contributed by atoms with Crippen LogP contribution in [0.25, 0.3) is 11.0 Å². The maximum Gasteiger partial charge on any atom is 0.323 e. The van der Waals surface area contributed by atoms with Gasteiger partial charge in [-0.05, 0) is 55.7 Å². The lowest BCUT2D eigenvalue weighted by Crippen LogP contribution is -2.19. The van der Waals surface area contributed by atoms with Crippen molar-refractivity contribution in [2.75, 3.05) is 0 Å². The predicted molar refractivity (Wildman–Crippen MR) is 70.6 cm³/mol. The van der Waals surface area contributed by atoms with E-state index in [1.807, 2.05) is 6.07 Å². The average molecular weight is 246 g/mol. The van der Waals surface area contributed by atoms with Gasteiger partial charge in [-0.1, -0.05) is 6.07 Å². The SMILES string of the molecule is O=c1[nH]c2ccc(CC3CCC(O)CC3)cc2[nH]1. The van der Waals surface area contributed by atoms with E-state index in [1.54, 1.807) is 0 Å². The second kappa shape index (κ2) is 4.61. The lowest BCUT2D eigenvalue weighted by atomic mass is 9.83. The molecule has 0 unspecified atom stereocenters. The summed E-state index contributed by atoms with van der Waals surface area (Å²) in [6.07, 6.45) is 4.99. The lowest BCUT2D eigenvalue weighted by Gasteiger charge is -2.25. The Kier molecular flexibility index (Phi) is 2.96. The predicted octanol–water partition coefficient (Wildman–Crippen LogP) is 1.95. The highest BCUT2D eigenvalue weighted by Gasteiger charge is 2.19. The number of aromatic amines is 2. The van der Waals surface area contributed by atoms with E-state index in [4.69, 9.17) is 0 Å². The Morgan fingerprint density at radius 2 is 1.83 bits per heavy atom. The zero-order valence-corrected chi connectivity index (χ0v) is 10.3. The van der Waals surface area contributed by atoms with Crippen molar-refractivity contribution in [3.63, 3.8) is 0 Å². The summed E-state index contributed by atoms with van der Waals surface area (Å²) in [4.78, 5) is 16.7. The quantitative estimate of drug-likeness (QED) is 0.758. The maximum absolute atomic E-state index is 11.2. The van der Waals surface area contributed by atoms with Crippen LogP contribution in [0.4, 0.5) is 0 Å². The number of imidazole rings is 1. The van der Waals surface area contributed by atoms with Crippen molar-refractivity contribution in [2.45, 2.75) is 38.2 Å². The van der Waals surface area contributed by atoms with Crippen molar-refractivity contribution in [3.05, 3.63) is 34.2 Å². The molecule has 0 bridgehead atoms. The minimum absolute atomic E-state index is 0.0928. The Hall–Kier alpha value is -1.55. The topological polar surface area (TPSA) is 68.9 Å². The van der Waals surface area contributed by atoms with Crippen LogP contribution in [-0.4, -0.2) is 21.2 Å². The number of H-pyrrole nitrogens is 2. The molecule has 1 aliphatic carbocycles. The Labute approximate surface area is 105 Å². The van der Waals surface area contributed by atoms with Gasteiger partial charge in [0.25, 0.3) is 0 Å². The van der Waals surface area contributed by atoms with E-state index in [1.165, 1.54) is 5.56 Å². The molecule has 0 spiro atoms. The van der Waals surface area contributed by atoms with Crippen molar-refractivity contribution in [3.8, 4) is 0 Å². The van der Waals surface area contributed by atoms with Crippen LogP contribution >= 0.6 is 0 Å². The fraction of sp³-hybridized carbons (Fsp3) is 0.500. The zero-order chi connectivity index (χ0) is 12.5. The van der Waals surface area contributed by atoms with Gasteiger partial charge in [0.1, 0.15) is 0 Å². The summed E-state index contributed by atoms with van der Waals surface area (Å²) in [6, 6.07) is 6.09. The largest absolute Gasteiger partial charge is 0.393 e. The number of rotatable bonds is 2. The highest BCUT2D eigenvalue weighted by Crippen LogP contribution is 2.27. The number of fused-ring (bicyclic) bond motifs is 1. The van der Waals surface area contributed by atoms with Crippen LogP contribution in [0, 0.1) is 5.92 Å². The van der Waals surface area contributed by atoms with Crippen molar-refractivity contribution in [1.29, 1.82) is 0 Å². The van der Waals surface area contributed by atoms with E-state index >= 15 is 0 Å². The molecule has 96 valence electrons. The lowest BCUT2D eigenvalue weighted by molar-refractivity contribution is 0.109. The molecule has 0 aliphatic heterocycles. The third-order valence-electron chi connectivity index (χ3n) is 3.92. The van der Waals surface area contributed by atoms with Crippen LogP contribution in [-0.2, 0) is 6.42 Å². The molecule has 3 N–H and O–H groups in total. The van der Waals surface area contributed by atoms with Gasteiger partial charge in [-0.3, -0.25) is 0 Å².